The minimum Gasteiger partial charge on any atom is -0.490 e. The van der Waals surface area contributed by atoms with Crippen molar-refractivity contribution in [2.75, 3.05) is 20.3 Å². The maximum absolute atomic E-state index is 16.0. The number of H-pyrrole nitrogens is 1. The molecule has 0 aliphatic heterocycles. The van der Waals surface area contributed by atoms with E-state index < -0.39 is 29.4 Å². The van der Waals surface area contributed by atoms with Crippen LogP contribution in [0.1, 0.15) is 24.5 Å². The molecule has 0 saturated heterocycles. The second-order valence-electron chi connectivity index (χ2n) is 10.6. The summed E-state index contributed by atoms with van der Waals surface area (Å²) in [5.74, 6) is -2.18. The van der Waals surface area contributed by atoms with E-state index in [1.807, 2.05) is 36.7 Å². The Bertz CT molecular complexity index is 2140. The molecule has 2 aromatic carbocycles. The molecule has 13 heteroatoms. The van der Waals surface area contributed by atoms with E-state index in [4.69, 9.17) is 14.5 Å². The van der Waals surface area contributed by atoms with Crippen LogP contribution in [0.2, 0.25) is 0 Å². The number of rotatable bonds is 10. The Morgan fingerprint density at radius 1 is 1.11 bits per heavy atom. The number of benzene rings is 2. The summed E-state index contributed by atoms with van der Waals surface area (Å²) in [5, 5.41) is 11.5. The number of amides is 1. The molecule has 6 rings (SSSR count). The van der Waals surface area contributed by atoms with Crippen LogP contribution in [0.3, 0.4) is 0 Å². The smallest absolute Gasteiger partial charge is 0.243 e. The zero-order chi connectivity index (χ0) is 32.7. The van der Waals surface area contributed by atoms with Crippen molar-refractivity contribution in [3.05, 3.63) is 83.4 Å². The molecule has 0 bridgehead atoms. The lowest BCUT2D eigenvalue weighted by Gasteiger charge is -2.17. The van der Waals surface area contributed by atoms with Crippen molar-refractivity contribution >= 4 is 38.4 Å². The van der Waals surface area contributed by atoms with E-state index in [9.17, 15) is 9.18 Å². The number of fused-ring (bicyclic) bond motifs is 2. The highest BCUT2D eigenvalue weighted by molar-refractivity contribution is 7.17. The third kappa shape index (κ3) is 5.52. The molecule has 4 heterocycles. The summed E-state index contributed by atoms with van der Waals surface area (Å²) >= 11 is 1.11. The van der Waals surface area contributed by atoms with Crippen LogP contribution >= 0.6 is 11.3 Å². The molecule has 1 amide bonds. The number of carbonyl (C=O) groups excluding carboxylic acids is 1. The number of aryl methyl sites for hydroxylation is 2. The van der Waals surface area contributed by atoms with Crippen LogP contribution in [0.5, 0.6) is 5.75 Å². The molecule has 0 fully saturated rings. The first-order valence-corrected chi connectivity index (χ1v) is 15.1. The van der Waals surface area contributed by atoms with Gasteiger partial charge in [-0.3, -0.25) is 9.89 Å². The molecule has 4 aromatic heterocycles. The number of methoxy groups -OCH3 is 1. The first-order valence-electron chi connectivity index (χ1n) is 14.2. The number of hydrogen-bond acceptors (Lipinski definition) is 7. The predicted molar refractivity (Wildman–Crippen MR) is 171 cm³/mol. The van der Waals surface area contributed by atoms with E-state index in [0.29, 0.717) is 27.7 Å². The van der Waals surface area contributed by atoms with Crippen molar-refractivity contribution in [1.82, 2.24) is 30.0 Å². The minimum absolute atomic E-state index is 0.0148. The van der Waals surface area contributed by atoms with Crippen LogP contribution < -0.4 is 10.1 Å². The number of halogens is 3. The van der Waals surface area contributed by atoms with E-state index in [1.165, 1.54) is 12.5 Å². The van der Waals surface area contributed by atoms with Gasteiger partial charge >= 0.3 is 0 Å². The maximum Gasteiger partial charge on any atom is 0.243 e. The number of carbonyl (C=O) groups is 1. The van der Waals surface area contributed by atoms with Gasteiger partial charge in [0.05, 0.1) is 45.3 Å². The highest BCUT2D eigenvalue weighted by Gasteiger charge is 2.29. The van der Waals surface area contributed by atoms with Gasteiger partial charge in [-0.15, -0.1) is 11.3 Å². The zero-order valence-corrected chi connectivity index (χ0v) is 26.2. The lowest BCUT2D eigenvalue weighted by Crippen LogP contribution is -2.24. The van der Waals surface area contributed by atoms with Gasteiger partial charge in [-0.1, -0.05) is 12.6 Å². The van der Waals surface area contributed by atoms with Crippen LogP contribution in [-0.4, -0.2) is 51.0 Å². The van der Waals surface area contributed by atoms with Crippen LogP contribution in [-0.2, 0) is 16.6 Å². The first-order chi connectivity index (χ1) is 22.1. The average molecular weight is 647 g/mol. The second-order valence-corrected chi connectivity index (χ2v) is 11.5. The van der Waals surface area contributed by atoms with Gasteiger partial charge in [0.2, 0.25) is 5.91 Å². The molecule has 6 aromatic rings. The molecule has 236 valence electrons. The third-order valence-corrected chi connectivity index (χ3v) is 8.67. The van der Waals surface area contributed by atoms with E-state index in [0.717, 1.165) is 40.3 Å². The van der Waals surface area contributed by atoms with Crippen LogP contribution in [0.4, 0.5) is 13.2 Å². The summed E-state index contributed by atoms with van der Waals surface area (Å²) < 4.78 is 59.7. The minimum atomic E-state index is -0.970. The fourth-order valence-corrected chi connectivity index (χ4v) is 6.28. The van der Waals surface area contributed by atoms with Crippen molar-refractivity contribution < 1.29 is 27.4 Å². The number of aromatic nitrogens is 5. The summed E-state index contributed by atoms with van der Waals surface area (Å²) in [6, 6.07) is 8.53. The van der Waals surface area contributed by atoms with Crippen molar-refractivity contribution in [3.63, 3.8) is 0 Å². The van der Waals surface area contributed by atoms with Gasteiger partial charge in [-0.05, 0) is 38.1 Å². The quantitative estimate of drug-likeness (QED) is 0.122. The predicted octanol–water partition coefficient (Wildman–Crippen LogP) is 7.02. The van der Waals surface area contributed by atoms with Crippen LogP contribution in [0.15, 0.2) is 54.4 Å². The van der Waals surface area contributed by atoms with E-state index in [-0.39, 0.29) is 46.9 Å². The van der Waals surface area contributed by atoms with Gasteiger partial charge < -0.3 is 19.4 Å². The van der Waals surface area contributed by atoms with Gasteiger partial charge in [-0.25, -0.2) is 23.1 Å². The molecule has 0 aliphatic rings. The Hall–Kier alpha value is -5.01. The number of ether oxygens (including phenoxy) is 2. The number of imidazole rings is 1. The summed E-state index contributed by atoms with van der Waals surface area (Å²) in [6.07, 6.45) is 1.15. The number of thiophene rings is 1. The largest absolute Gasteiger partial charge is 0.490 e. The molecule has 46 heavy (non-hydrogen) atoms. The Kier molecular flexibility index (Phi) is 8.36. The van der Waals surface area contributed by atoms with Crippen LogP contribution in [0, 0.1) is 24.4 Å². The van der Waals surface area contributed by atoms with Crippen molar-refractivity contribution in [1.29, 1.82) is 0 Å². The first kappa shape index (κ1) is 31.0. The Balaban J connectivity index is 1.65. The Morgan fingerprint density at radius 3 is 2.67 bits per heavy atom. The highest BCUT2D eigenvalue weighted by Crippen LogP contribution is 2.48. The average Bonchev–Trinajstić information content (AvgIpc) is 3.74. The summed E-state index contributed by atoms with van der Waals surface area (Å²) in [4.78, 5) is 21.6. The highest BCUT2D eigenvalue weighted by atomic mass is 32.1. The van der Waals surface area contributed by atoms with Crippen molar-refractivity contribution in [3.8, 4) is 39.5 Å². The maximum atomic E-state index is 16.0. The van der Waals surface area contributed by atoms with Crippen LogP contribution in [0.25, 0.3) is 54.9 Å². The lowest BCUT2D eigenvalue weighted by molar-refractivity contribution is -0.117. The number of aromatic amines is 1. The molecule has 9 nitrogen and oxygen atoms in total. The fraction of sp³-hybridized carbons (Fsp3) is 0.212. The van der Waals surface area contributed by atoms with Gasteiger partial charge in [0, 0.05) is 48.2 Å². The third-order valence-electron chi connectivity index (χ3n) is 7.71. The molecule has 0 spiro atoms. The van der Waals surface area contributed by atoms with Gasteiger partial charge in [0.15, 0.2) is 0 Å². The molecule has 1 atom stereocenters. The monoisotopic (exact) mass is 646 g/mol. The van der Waals surface area contributed by atoms with Crippen molar-refractivity contribution in [2.45, 2.75) is 19.9 Å². The fourth-order valence-electron chi connectivity index (χ4n) is 5.34. The van der Waals surface area contributed by atoms with E-state index in [2.05, 4.69) is 27.1 Å². The van der Waals surface area contributed by atoms with Gasteiger partial charge in [-0.2, -0.15) is 5.10 Å². The summed E-state index contributed by atoms with van der Waals surface area (Å²) in [5.41, 5.74) is 3.43. The van der Waals surface area contributed by atoms with Crippen molar-refractivity contribution in [2.24, 2.45) is 7.05 Å². The second kappa shape index (κ2) is 12.4. The SMILES string of the molecule is C=CC(=O)N[C@H](C)c1cc(-c2nc(-c3ccc4c(c3)nc(C)n4C)c3scc(F)c3c2-c2c(F)cc(F)cc2OCCOC)n[nH]1. The molecule has 0 radical (unpaired) electrons. The summed E-state index contributed by atoms with van der Waals surface area (Å²) in [7, 11) is 3.39. The molecule has 0 aliphatic carbocycles. The topological polar surface area (TPSA) is 107 Å². The normalized spacial score (nSPS) is 12.2. The molecular formula is C33H29F3N6O3S. The summed E-state index contributed by atoms with van der Waals surface area (Å²) in [6.45, 7) is 7.25. The molecular weight excluding hydrogens is 617 g/mol. The molecule has 0 unspecified atom stereocenters. The molecule has 2 N–H and O–H groups in total. The number of nitrogens with zero attached hydrogens (tertiary/aromatic N) is 4. The molecule has 0 saturated carbocycles. The Morgan fingerprint density at radius 2 is 1.91 bits per heavy atom. The van der Waals surface area contributed by atoms with Gasteiger partial charge in [0.1, 0.15) is 47.0 Å². The Labute approximate surface area is 265 Å². The van der Waals surface area contributed by atoms with Gasteiger partial charge in [0.25, 0.3) is 0 Å². The zero-order valence-electron chi connectivity index (χ0n) is 25.4. The van der Waals surface area contributed by atoms with E-state index >= 15 is 8.78 Å². The van der Waals surface area contributed by atoms with E-state index in [1.54, 1.807) is 13.0 Å². The number of pyridine rings is 1. The lowest BCUT2D eigenvalue weighted by atomic mass is 9.94. The standard InChI is InChI=1S/C33H29F3N6O3S/c1-6-27(43)37-16(2)22-14-24(41-40-22)32-30(28-20(35)12-19(34)13-26(28)45-10-9-44-5)29-21(36)15-46-33(29)31(39-32)18-7-8-25-23(11-18)38-17(3)42(25)4/h6-8,11-16H,1,9-10H2,2-5H3,(H,37,43)(H,40,41)/t16-/m1/s1. The number of nitrogens with one attached hydrogen (secondary N) is 2. The number of hydrogen-bond donors (Lipinski definition) is 2.